The normalized spacial score (nSPS) is 13.2. The van der Waals surface area contributed by atoms with Crippen LogP contribution in [0.5, 0.6) is 0 Å². The molecule has 3 aromatic heterocycles. The Morgan fingerprint density at radius 3 is 1.89 bits per heavy atom. The number of fused-ring (bicyclic) bond motifs is 1. The zero-order valence-corrected chi connectivity index (χ0v) is 45.2. The standard InChI is InChI=1S/C49H67N17O17/c1-3-82-15-16-83-14-13-66-24-28(64-65-66)18-34(47(80)81)61-45(78)33(21-39(73)74)60-44(77)32(20-38(71)72)59-42(75)30(5-4-12-53-48(50)51)58-43(76)31(19-37(69)70)57-36(68)11-6-25(2)17-35(67)26-7-9-27(10-8-26)54-22-29-23-55-41-40(56-29)46(79)63-49(52)62-41/h7-10,23-25,30-34,54H,3-6,11-22H2,1-2H3,(H,57,68)(H,58,76)(H,59,75)(H,60,77)(H,61,78)(H,69,70)(H,71,72)(H,73,74)(H,80,81)(H4,50,51,53)(H3,52,55,62,63,79)/t25-,30+,31+,32+,33+,34+/m1/s1. The summed E-state index contributed by atoms with van der Waals surface area (Å²) in [4.78, 5) is 160. The smallest absolute Gasteiger partial charge is 0.326 e. The lowest BCUT2D eigenvalue weighted by atomic mass is 9.95. The lowest BCUT2D eigenvalue weighted by Gasteiger charge is -2.26. The van der Waals surface area contributed by atoms with E-state index >= 15 is 0 Å². The minimum atomic E-state index is -2.09. The van der Waals surface area contributed by atoms with Crippen LogP contribution >= 0.6 is 0 Å². The number of carboxylic acids is 4. The van der Waals surface area contributed by atoms with Crippen LogP contribution in [0.3, 0.4) is 0 Å². The van der Waals surface area contributed by atoms with E-state index in [0.717, 1.165) is 0 Å². The van der Waals surface area contributed by atoms with E-state index in [1.165, 1.54) is 17.1 Å². The number of anilines is 2. The van der Waals surface area contributed by atoms with Crippen LogP contribution in [0.4, 0.5) is 11.6 Å². The number of benzene rings is 1. The number of rotatable bonds is 38. The van der Waals surface area contributed by atoms with Gasteiger partial charge < -0.3 is 79.0 Å². The predicted octanol–water partition coefficient (Wildman–Crippen LogP) is -3.23. The van der Waals surface area contributed by atoms with Gasteiger partial charge in [-0.1, -0.05) is 12.1 Å². The highest BCUT2D eigenvalue weighted by molar-refractivity contribution is 5.99. The molecule has 0 aliphatic rings. The van der Waals surface area contributed by atoms with Crippen LogP contribution in [-0.4, -0.2) is 184 Å². The fourth-order valence-electron chi connectivity index (χ4n) is 7.69. The number of nitrogens with zero attached hydrogens (tertiary/aromatic N) is 7. The monoisotopic (exact) mass is 1170 g/mol. The molecule has 0 aliphatic heterocycles. The van der Waals surface area contributed by atoms with Gasteiger partial charge in [-0.25, -0.2) is 19.4 Å². The number of hydrogen-bond acceptors (Lipinski definition) is 21. The Bertz CT molecular complexity index is 3020. The average Bonchev–Trinajstić information content (AvgIpc) is 4.08. The molecule has 34 heteroatoms. The van der Waals surface area contributed by atoms with E-state index in [-0.39, 0.29) is 92.9 Å². The number of ether oxygens (including phenoxy) is 2. The number of nitrogens with two attached hydrogens (primary N) is 3. The summed E-state index contributed by atoms with van der Waals surface area (Å²) in [6.07, 6.45) is -1.57. The lowest BCUT2D eigenvalue weighted by Crippen LogP contribution is -2.59. The molecule has 0 unspecified atom stereocenters. The molecule has 0 bridgehead atoms. The molecule has 0 spiro atoms. The Balaban J connectivity index is 1.37. The molecular weight excluding hydrogens is 1100 g/mol. The van der Waals surface area contributed by atoms with Crippen LogP contribution in [0.15, 0.2) is 46.4 Å². The maximum Gasteiger partial charge on any atom is 0.326 e. The average molecular weight is 1170 g/mol. The Morgan fingerprint density at radius 1 is 0.723 bits per heavy atom. The van der Waals surface area contributed by atoms with Crippen molar-refractivity contribution in [1.29, 1.82) is 0 Å². The molecular formula is C49H67N17O17. The predicted molar refractivity (Wildman–Crippen MR) is 288 cm³/mol. The first kappa shape index (κ1) is 65.8. The summed E-state index contributed by atoms with van der Waals surface area (Å²) in [5.74, 6) is -13.6. The van der Waals surface area contributed by atoms with E-state index in [1.54, 1.807) is 31.2 Å². The Hall–Kier alpha value is -9.73. The van der Waals surface area contributed by atoms with Crippen molar-refractivity contribution in [2.75, 3.05) is 44.0 Å². The summed E-state index contributed by atoms with van der Waals surface area (Å²) in [6.45, 7) is 5.20. The number of aromatic amines is 1. The zero-order chi connectivity index (χ0) is 61.2. The molecule has 0 fully saturated rings. The molecule has 1 aromatic carbocycles. The second kappa shape index (κ2) is 33.1. The van der Waals surface area contributed by atoms with Crippen molar-refractivity contribution < 1.29 is 77.8 Å². The number of guanidine groups is 1. The molecule has 4 rings (SSSR count). The van der Waals surface area contributed by atoms with Crippen molar-refractivity contribution >= 4 is 88.0 Å². The van der Waals surface area contributed by atoms with Gasteiger partial charge in [0.25, 0.3) is 5.56 Å². The number of carbonyl (C=O) groups is 10. The van der Waals surface area contributed by atoms with Crippen molar-refractivity contribution in [2.24, 2.45) is 22.4 Å². The zero-order valence-electron chi connectivity index (χ0n) is 45.2. The number of carboxylic acid groups (broad SMARTS) is 4. The van der Waals surface area contributed by atoms with Crippen LogP contribution in [0.2, 0.25) is 0 Å². The van der Waals surface area contributed by atoms with E-state index < -0.39 is 121 Å². The summed E-state index contributed by atoms with van der Waals surface area (Å²) in [7, 11) is 0. The third kappa shape index (κ3) is 23.5. The maximum absolute atomic E-state index is 13.9. The molecule has 0 saturated carbocycles. The number of hydrogen-bond donors (Lipinski definition) is 14. The molecule has 17 N–H and O–H groups in total. The molecule has 0 aliphatic carbocycles. The summed E-state index contributed by atoms with van der Waals surface area (Å²) in [6, 6.07) is -2.94. The number of amides is 5. The summed E-state index contributed by atoms with van der Waals surface area (Å²) >= 11 is 0. The van der Waals surface area contributed by atoms with Gasteiger partial charge in [0.1, 0.15) is 30.2 Å². The van der Waals surface area contributed by atoms with Crippen molar-refractivity contribution in [3.05, 3.63) is 64.0 Å². The Kier molecular flexibility index (Phi) is 26.3. The van der Waals surface area contributed by atoms with Gasteiger partial charge >= 0.3 is 23.9 Å². The maximum atomic E-state index is 13.9. The van der Waals surface area contributed by atoms with Gasteiger partial charge in [-0.3, -0.25) is 57.9 Å². The highest BCUT2D eigenvalue weighted by atomic mass is 16.5. The fraction of sp³-hybridized carbons (Fsp3) is 0.490. The molecule has 83 heavy (non-hydrogen) atoms. The van der Waals surface area contributed by atoms with Crippen LogP contribution in [0.25, 0.3) is 11.2 Å². The van der Waals surface area contributed by atoms with Crippen molar-refractivity contribution in [3.8, 4) is 0 Å². The number of aliphatic imine (C=N–C) groups is 1. The third-order valence-corrected chi connectivity index (χ3v) is 11.9. The summed E-state index contributed by atoms with van der Waals surface area (Å²) < 4.78 is 12.0. The van der Waals surface area contributed by atoms with E-state index in [2.05, 4.69) is 61.8 Å². The molecule has 34 nitrogen and oxygen atoms in total. The van der Waals surface area contributed by atoms with E-state index in [9.17, 15) is 73.2 Å². The van der Waals surface area contributed by atoms with Crippen molar-refractivity contribution in [3.63, 3.8) is 0 Å². The topological polar surface area (TPSA) is 535 Å². The van der Waals surface area contributed by atoms with E-state index in [4.69, 9.17) is 26.7 Å². The minimum Gasteiger partial charge on any atom is -0.481 e. The van der Waals surface area contributed by atoms with Gasteiger partial charge in [0.2, 0.25) is 35.5 Å². The Labute approximate surface area is 471 Å². The van der Waals surface area contributed by atoms with Gasteiger partial charge in [0.05, 0.1) is 69.8 Å². The van der Waals surface area contributed by atoms with Gasteiger partial charge in [0.15, 0.2) is 22.9 Å². The molecule has 6 atom stereocenters. The quantitative estimate of drug-likeness (QED) is 0.00908. The summed E-state index contributed by atoms with van der Waals surface area (Å²) in [5, 5.41) is 60.8. The third-order valence-electron chi connectivity index (χ3n) is 11.9. The summed E-state index contributed by atoms with van der Waals surface area (Å²) in [5.41, 5.74) is 17.4. The first-order valence-electron chi connectivity index (χ1n) is 25.8. The number of carbonyl (C=O) groups excluding carboxylic acids is 6. The number of ketones is 1. The van der Waals surface area contributed by atoms with E-state index in [0.29, 0.717) is 36.8 Å². The SMILES string of the molecule is CCOCCOCCn1cc(C[C@H](NC(=O)[C@H](CC(=O)O)NC(=O)[C@H](CC(=O)O)NC(=O)[C@H](CCCN=C(N)N)NC(=O)[C@H](CC(=O)O)NC(=O)CC[C@@H](C)CC(=O)c2ccc(NCc3cnc4nc(N)[nH]c(=O)c4n3)cc2)C(=O)O)nn1. The van der Waals surface area contributed by atoms with Crippen molar-refractivity contribution in [1.82, 2.24) is 61.5 Å². The first-order valence-corrected chi connectivity index (χ1v) is 25.8. The number of H-pyrrole nitrogens is 1. The first-order chi connectivity index (χ1) is 39.4. The molecule has 3 heterocycles. The molecule has 450 valence electrons. The number of nitrogens with one attached hydrogen (secondary N) is 7. The largest absolute Gasteiger partial charge is 0.481 e. The molecule has 5 amide bonds. The Morgan fingerprint density at radius 2 is 1.30 bits per heavy atom. The lowest BCUT2D eigenvalue weighted by molar-refractivity contribution is -0.145. The van der Waals surface area contributed by atoms with Crippen LogP contribution < -0.4 is 54.7 Å². The van der Waals surface area contributed by atoms with Crippen LogP contribution in [-0.2, 0) is 72.1 Å². The highest BCUT2D eigenvalue weighted by Gasteiger charge is 2.35. The number of nitrogen functional groups attached to an aromatic ring is 1. The molecule has 0 saturated heterocycles. The minimum absolute atomic E-state index is 0.00521. The van der Waals surface area contributed by atoms with Gasteiger partial charge in [0, 0.05) is 49.9 Å². The van der Waals surface area contributed by atoms with Gasteiger partial charge in [-0.15, -0.1) is 5.10 Å². The number of Topliss-reactive ketones (excluding diaryl/α,β-unsaturated/α-hetero) is 1. The second-order valence-electron chi connectivity index (χ2n) is 18.6. The molecule has 4 aromatic rings. The van der Waals surface area contributed by atoms with E-state index in [1.807, 2.05) is 12.2 Å². The second-order valence-corrected chi connectivity index (χ2v) is 18.6. The van der Waals surface area contributed by atoms with Crippen molar-refractivity contribution in [2.45, 2.75) is 115 Å². The van der Waals surface area contributed by atoms with Gasteiger partial charge in [-0.2, -0.15) is 4.98 Å². The molecule has 0 radical (unpaired) electrons. The fourth-order valence-corrected chi connectivity index (χ4v) is 7.69. The number of aromatic nitrogens is 7. The highest BCUT2D eigenvalue weighted by Crippen LogP contribution is 2.18. The van der Waals surface area contributed by atoms with Crippen LogP contribution in [0.1, 0.15) is 87.0 Å². The van der Waals surface area contributed by atoms with Crippen LogP contribution in [0, 0.1) is 5.92 Å². The number of aliphatic carboxylic acids is 4. The van der Waals surface area contributed by atoms with Gasteiger partial charge in [-0.05, 0) is 56.4 Å².